The van der Waals surface area contributed by atoms with Gasteiger partial charge in [0.05, 0.1) is 11.0 Å². The van der Waals surface area contributed by atoms with Crippen LogP contribution in [0.3, 0.4) is 0 Å². The molecule has 2 unspecified atom stereocenters. The Labute approximate surface area is 87.5 Å². The van der Waals surface area contributed by atoms with Gasteiger partial charge in [-0.2, -0.15) is 0 Å². The van der Waals surface area contributed by atoms with E-state index >= 15 is 0 Å². The van der Waals surface area contributed by atoms with Crippen molar-refractivity contribution in [2.24, 2.45) is 0 Å². The maximum absolute atomic E-state index is 10.4. The van der Waals surface area contributed by atoms with Gasteiger partial charge < -0.3 is 9.84 Å². The lowest BCUT2D eigenvalue weighted by Gasteiger charge is -2.16. The van der Waals surface area contributed by atoms with Crippen molar-refractivity contribution >= 4 is 5.69 Å². The first-order valence-electron chi connectivity index (χ1n) is 4.60. The fourth-order valence-electron chi connectivity index (χ4n) is 0.960. The standard InChI is InChI=1S/C10H13NO4/c1-7(12)8(2)15-10-5-3-9(4-6-10)11(13)14/h3-8,12H,1-2H3. The molecule has 0 aliphatic rings. The number of aliphatic hydroxyl groups is 1. The van der Waals surface area contributed by atoms with Gasteiger partial charge in [0.15, 0.2) is 0 Å². The van der Waals surface area contributed by atoms with Crippen LogP contribution in [0.4, 0.5) is 5.69 Å². The summed E-state index contributed by atoms with van der Waals surface area (Å²) in [5.41, 5.74) is 0.0204. The number of ether oxygens (including phenoxy) is 1. The Kier molecular flexibility index (Phi) is 3.62. The molecule has 5 heteroatoms. The SMILES string of the molecule is CC(O)C(C)Oc1ccc([N+](=O)[O-])cc1. The summed E-state index contributed by atoms with van der Waals surface area (Å²) in [4.78, 5) is 9.90. The average Bonchev–Trinajstić information content (AvgIpc) is 2.18. The van der Waals surface area contributed by atoms with Crippen molar-refractivity contribution in [3.8, 4) is 5.75 Å². The fourth-order valence-corrected chi connectivity index (χ4v) is 0.960. The minimum Gasteiger partial charge on any atom is -0.488 e. The molecule has 1 N–H and O–H groups in total. The Bertz CT molecular complexity index is 334. The van der Waals surface area contributed by atoms with Crippen LogP contribution in [0.1, 0.15) is 13.8 Å². The number of non-ortho nitro benzene ring substituents is 1. The molecular weight excluding hydrogens is 198 g/mol. The van der Waals surface area contributed by atoms with Crippen LogP contribution in [0.2, 0.25) is 0 Å². The van der Waals surface area contributed by atoms with Crippen molar-refractivity contribution in [3.05, 3.63) is 34.4 Å². The first kappa shape index (κ1) is 11.5. The molecule has 0 fully saturated rings. The second-order valence-electron chi connectivity index (χ2n) is 3.31. The van der Waals surface area contributed by atoms with E-state index in [1.165, 1.54) is 24.3 Å². The molecule has 0 aromatic heterocycles. The molecule has 0 bridgehead atoms. The number of nitro groups is 1. The summed E-state index contributed by atoms with van der Waals surface area (Å²) in [6.45, 7) is 3.35. The summed E-state index contributed by atoms with van der Waals surface area (Å²) in [6.07, 6.45) is -0.924. The summed E-state index contributed by atoms with van der Waals surface area (Å²) < 4.78 is 5.34. The highest BCUT2D eigenvalue weighted by atomic mass is 16.6. The van der Waals surface area contributed by atoms with Gasteiger partial charge >= 0.3 is 0 Å². The molecule has 15 heavy (non-hydrogen) atoms. The fraction of sp³-hybridized carbons (Fsp3) is 0.400. The van der Waals surface area contributed by atoms with Crippen LogP contribution in [0.25, 0.3) is 0 Å². The maximum Gasteiger partial charge on any atom is 0.269 e. The topological polar surface area (TPSA) is 72.6 Å². The zero-order valence-electron chi connectivity index (χ0n) is 8.58. The van der Waals surface area contributed by atoms with E-state index < -0.39 is 11.0 Å². The second-order valence-corrected chi connectivity index (χ2v) is 3.31. The number of hydrogen-bond donors (Lipinski definition) is 1. The third kappa shape index (κ3) is 3.21. The third-order valence-electron chi connectivity index (χ3n) is 2.05. The van der Waals surface area contributed by atoms with Crippen LogP contribution in [0, 0.1) is 10.1 Å². The van der Waals surface area contributed by atoms with Crippen molar-refractivity contribution in [3.63, 3.8) is 0 Å². The monoisotopic (exact) mass is 211 g/mol. The lowest BCUT2D eigenvalue weighted by molar-refractivity contribution is -0.384. The number of nitrogens with zero attached hydrogens (tertiary/aromatic N) is 1. The number of benzene rings is 1. The van der Waals surface area contributed by atoms with E-state index in [2.05, 4.69) is 0 Å². The highest BCUT2D eigenvalue weighted by molar-refractivity contribution is 5.36. The predicted molar refractivity (Wildman–Crippen MR) is 54.9 cm³/mol. The Morgan fingerprint density at radius 1 is 1.33 bits per heavy atom. The van der Waals surface area contributed by atoms with Gasteiger partial charge in [-0.05, 0) is 26.0 Å². The zero-order valence-corrected chi connectivity index (χ0v) is 8.58. The Morgan fingerprint density at radius 2 is 1.87 bits per heavy atom. The molecule has 0 spiro atoms. The average molecular weight is 211 g/mol. The van der Waals surface area contributed by atoms with Gasteiger partial charge in [-0.3, -0.25) is 10.1 Å². The molecule has 0 amide bonds. The van der Waals surface area contributed by atoms with Crippen molar-refractivity contribution in [1.82, 2.24) is 0 Å². The molecule has 0 radical (unpaired) electrons. The van der Waals surface area contributed by atoms with Gasteiger partial charge in [0, 0.05) is 12.1 Å². The molecule has 82 valence electrons. The van der Waals surface area contributed by atoms with Gasteiger partial charge in [0.2, 0.25) is 0 Å². The van der Waals surface area contributed by atoms with Crippen molar-refractivity contribution in [1.29, 1.82) is 0 Å². The van der Waals surface area contributed by atoms with E-state index in [1.54, 1.807) is 13.8 Å². The molecular formula is C10H13NO4. The molecule has 1 rings (SSSR count). The van der Waals surface area contributed by atoms with Crippen molar-refractivity contribution in [2.45, 2.75) is 26.1 Å². The number of rotatable bonds is 4. The summed E-state index contributed by atoms with van der Waals surface area (Å²) in [5, 5.41) is 19.6. The van der Waals surface area contributed by atoms with Crippen LogP contribution < -0.4 is 4.74 Å². The molecule has 1 aromatic carbocycles. The summed E-state index contributed by atoms with van der Waals surface area (Å²) in [6, 6.07) is 5.75. The molecule has 2 atom stereocenters. The molecule has 0 saturated carbocycles. The lowest BCUT2D eigenvalue weighted by Crippen LogP contribution is -2.25. The maximum atomic E-state index is 10.4. The summed E-state index contributed by atoms with van der Waals surface area (Å²) in [5.74, 6) is 0.508. The minimum absolute atomic E-state index is 0.0204. The highest BCUT2D eigenvalue weighted by Gasteiger charge is 2.11. The van der Waals surface area contributed by atoms with Crippen LogP contribution in [0.15, 0.2) is 24.3 Å². The Morgan fingerprint density at radius 3 is 2.27 bits per heavy atom. The molecule has 0 aliphatic carbocycles. The Balaban J connectivity index is 2.68. The van der Waals surface area contributed by atoms with Crippen LogP contribution in [-0.4, -0.2) is 22.2 Å². The molecule has 0 aliphatic heterocycles. The number of nitro benzene ring substituents is 1. The zero-order chi connectivity index (χ0) is 11.4. The largest absolute Gasteiger partial charge is 0.488 e. The third-order valence-corrected chi connectivity index (χ3v) is 2.05. The van der Waals surface area contributed by atoms with Gasteiger partial charge in [-0.1, -0.05) is 0 Å². The van der Waals surface area contributed by atoms with Crippen LogP contribution >= 0.6 is 0 Å². The van der Waals surface area contributed by atoms with Gasteiger partial charge in [0.25, 0.3) is 5.69 Å². The first-order chi connectivity index (χ1) is 7.00. The highest BCUT2D eigenvalue weighted by Crippen LogP contribution is 2.18. The van der Waals surface area contributed by atoms with E-state index in [-0.39, 0.29) is 11.8 Å². The first-order valence-corrected chi connectivity index (χ1v) is 4.60. The molecule has 0 saturated heterocycles. The van der Waals surface area contributed by atoms with Crippen molar-refractivity contribution < 1.29 is 14.8 Å². The minimum atomic E-state index is -0.583. The van der Waals surface area contributed by atoms with Crippen molar-refractivity contribution in [2.75, 3.05) is 0 Å². The van der Waals surface area contributed by atoms with E-state index in [0.29, 0.717) is 5.75 Å². The lowest BCUT2D eigenvalue weighted by atomic mass is 10.2. The van der Waals surface area contributed by atoms with E-state index in [9.17, 15) is 15.2 Å². The van der Waals surface area contributed by atoms with E-state index in [1.807, 2.05) is 0 Å². The quantitative estimate of drug-likeness (QED) is 0.608. The number of hydrogen-bond acceptors (Lipinski definition) is 4. The number of aliphatic hydroxyl groups excluding tert-OH is 1. The van der Waals surface area contributed by atoms with Crippen LogP contribution in [0.5, 0.6) is 5.75 Å². The summed E-state index contributed by atoms with van der Waals surface area (Å²) >= 11 is 0. The molecule has 0 heterocycles. The molecule has 1 aromatic rings. The predicted octanol–water partition coefficient (Wildman–Crippen LogP) is 1.74. The van der Waals surface area contributed by atoms with E-state index in [4.69, 9.17) is 4.74 Å². The Hall–Kier alpha value is -1.62. The molecule has 5 nitrogen and oxygen atoms in total. The van der Waals surface area contributed by atoms with Gasteiger partial charge in [-0.25, -0.2) is 0 Å². The smallest absolute Gasteiger partial charge is 0.269 e. The summed E-state index contributed by atoms with van der Waals surface area (Å²) in [7, 11) is 0. The van der Waals surface area contributed by atoms with Gasteiger partial charge in [-0.15, -0.1) is 0 Å². The van der Waals surface area contributed by atoms with Gasteiger partial charge in [0.1, 0.15) is 11.9 Å². The second kappa shape index (κ2) is 4.75. The normalized spacial score (nSPS) is 14.3. The van der Waals surface area contributed by atoms with E-state index in [0.717, 1.165) is 0 Å². The van der Waals surface area contributed by atoms with Crippen LogP contribution in [-0.2, 0) is 0 Å².